The maximum atomic E-state index is 2.81. The molecule has 0 aliphatic carbocycles. The number of hydrogen-bond acceptors (Lipinski definition) is 0. The molecule has 0 bridgehead atoms. The van der Waals surface area contributed by atoms with Crippen LogP contribution in [0.5, 0.6) is 0 Å². The van der Waals surface area contributed by atoms with Crippen molar-refractivity contribution in [1.82, 2.24) is 0 Å². The van der Waals surface area contributed by atoms with Gasteiger partial charge in [-0.05, 0) is 55.2 Å². The molecule has 5 rings (SSSR count). The van der Waals surface area contributed by atoms with Gasteiger partial charge in [-0.15, -0.1) is 26.2 Å². The maximum Gasteiger partial charge on any atom is -0.00206 e. The highest BCUT2D eigenvalue weighted by molar-refractivity contribution is 8.93. The Morgan fingerprint density at radius 2 is 1.28 bits per heavy atom. The third-order valence-electron chi connectivity index (χ3n) is 5.00. The Balaban J connectivity index is 0.00000157. The summed E-state index contributed by atoms with van der Waals surface area (Å²) in [6.45, 7) is 0. The van der Waals surface area contributed by atoms with E-state index in [0.717, 1.165) is 6.16 Å². The van der Waals surface area contributed by atoms with E-state index in [9.17, 15) is 0 Å². The van der Waals surface area contributed by atoms with Gasteiger partial charge in [0.1, 0.15) is 0 Å². The lowest BCUT2D eigenvalue weighted by molar-refractivity contribution is 1.42. The second-order valence-corrected chi connectivity index (χ2v) is 6.78. The van der Waals surface area contributed by atoms with Gasteiger partial charge in [-0.2, -0.15) is 0 Å². The van der Waals surface area contributed by atoms with Crippen LogP contribution in [0.1, 0.15) is 5.56 Å². The summed E-state index contributed by atoms with van der Waals surface area (Å²) in [7, 11) is 2.81. The third-order valence-corrected chi connectivity index (χ3v) is 5.47. The highest BCUT2D eigenvalue weighted by Gasteiger charge is 2.11. The average Bonchev–Trinajstić information content (AvgIpc) is 2.66. The Kier molecular flexibility index (Phi) is 4.23. The Hall–Kier alpha value is -1.95. The van der Waals surface area contributed by atoms with E-state index in [2.05, 4.69) is 88.1 Å². The van der Waals surface area contributed by atoms with Crippen LogP contribution < -0.4 is 0 Å². The summed E-state index contributed by atoms with van der Waals surface area (Å²) in [6, 6.07) is 29.0. The molecule has 5 aromatic carbocycles. The van der Waals surface area contributed by atoms with E-state index >= 15 is 0 Å². The van der Waals surface area contributed by atoms with Crippen LogP contribution in [-0.4, -0.2) is 0 Å². The zero-order chi connectivity index (χ0) is 16.1. The fourth-order valence-electron chi connectivity index (χ4n) is 3.85. The first-order valence-corrected chi connectivity index (χ1v) is 9.13. The first kappa shape index (κ1) is 16.5. The number of hydrogen-bond donors (Lipinski definition) is 0. The van der Waals surface area contributed by atoms with Gasteiger partial charge >= 0.3 is 0 Å². The SMILES string of the molecule is Br.PCc1cccc(-c2ccc3ccc4cccc5ccc2c3c45)c1. The molecule has 0 N–H and O–H groups in total. The molecule has 1 unspecified atom stereocenters. The Bertz CT molecular complexity index is 1180. The predicted octanol–water partition coefficient (Wildman–Crippen LogP) is 7.20. The van der Waals surface area contributed by atoms with Crippen molar-refractivity contribution in [3.05, 3.63) is 84.4 Å². The fraction of sp³-hybridized carbons (Fsp3) is 0.0435. The van der Waals surface area contributed by atoms with E-state index in [4.69, 9.17) is 0 Å². The van der Waals surface area contributed by atoms with Crippen molar-refractivity contribution in [2.24, 2.45) is 0 Å². The molecular weight excluding hydrogens is 387 g/mol. The van der Waals surface area contributed by atoms with Crippen molar-refractivity contribution < 1.29 is 0 Å². The van der Waals surface area contributed by atoms with Crippen LogP contribution in [-0.2, 0) is 6.16 Å². The molecule has 122 valence electrons. The highest BCUT2D eigenvalue weighted by atomic mass is 79.9. The summed E-state index contributed by atoms with van der Waals surface area (Å²) in [6.07, 6.45) is 0.986. The minimum Gasteiger partial charge on any atom is -0.133 e. The largest absolute Gasteiger partial charge is 0.133 e. The second kappa shape index (κ2) is 6.41. The van der Waals surface area contributed by atoms with Crippen molar-refractivity contribution >= 4 is 58.5 Å². The van der Waals surface area contributed by atoms with Crippen LogP contribution in [0, 0.1) is 0 Å². The van der Waals surface area contributed by atoms with Crippen LogP contribution in [0.25, 0.3) is 43.4 Å². The lowest BCUT2D eigenvalue weighted by Gasteiger charge is -2.14. The van der Waals surface area contributed by atoms with Crippen molar-refractivity contribution in [3.8, 4) is 11.1 Å². The van der Waals surface area contributed by atoms with Gasteiger partial charge in [0.25, 0.3) is 0 Å². The van der Waals surface area contributed by atoms with Crippen LogP contribution in [0.4, 0.5) is 0 Å². The van der Waals surface area contributed by atoms with Gasteiger partial charge in [-0.25, -0.2) is 0 Å². The molecule has 0 fully saturated rings. The molecular formula is C23H18BrP. The van der Waals surface area contributed by atoms with E-state index in [-0.39, 0.29) is 17.0 Å². The minimum atomic E-state index is 0. The van der Waals surface area contributed by atoms with Gasteiger partial charge in [0.2, 0.25) is 0 Å². The molecule has 1 atom stereocenters. The maximum absolute atomic E-state index is 2.81. The van der Waals surface area contributed by atoms with Crippen molar-refractivity contribution in [1.29, 1.82) is 0 Å². The van der Waals surface area contributed by atoms with E-state index in [1.807, 2.05) is 0 Å². The summed E-state index contributed by atoms with van der Waals surface area (Å²) in [4.78, 5) is 0. The summed E-state index contributed by atoms with van der Waals surface area (Å²) >= 11 is 0. The first-order valence-electron chi connectivity index (χ1n) is 8.31. The average molecular weight is 405 g/mol. The zero-order valence-corrected chi connectivity index (χ0v) is 16.6. The Labute approximate surface area is 160 Å². The molecule has 0 nitrogen and oxygen atoms in total. The Morgan fingerprint density at radius 3 is 2.04 bits per heavy atom. The molecule has 0 aromatic heterocycles. The van der Waals surface area contributed by atoms with Crippen LogP contribution in [0.2, 0.25) is 0 Å². The van der Waals surface area contributed by atoms with Crippen molar-refractivity contribution in [2.75, 3.05) is 0 Å². The Morgan fingerprint density at radius 1 is 0.640 bits per heavy atom. The smallest absolute Gasteiger partial charge is 0.00206 e. The minimum absolute atomic E-state index is 0. The molecule has 0 saturated heterocycles. The molecule has 5 aromatic rings. The van der Waals surface area contributed by atoms with Crippen LogP contribution in [0.15, 0.2) is 78.9 Å². The topological polar surface area (TPSA) is 0 Å². The van der Waals surface area contributed by atoms with E-state index in [1.165, 1.54) is 49.0 Å². The van der Waals surface area contributed by atoms with Crippen LogP contribution >= 0.6 is 26.2 Å². The second-order valence-electron chi connectivity index (χ2n) is 6.37. The quantitative estimate of drug-likeness (QED) is 0.215. The number of benzene rings is 5. The van der Waals surface area contributed by atoms with Gasteiger partial charge < -0.3 is 0 Å². The number of halogens is 1. The van der Waals surface area contributed by atoms with E-state index in [0.29, 0.717) is 0 Å². The molecule has 0 aliphatic rings. The normalized spacial score (nSPS) is 11.2. The fourth-order valence-corrected chi connectivity index (χ4v) is 4.11. The molecule has 2 heteroatoms. The van der Waals surface area contributed by atoms with Crippen molar-refractivity contribution in [2.45, 2.75) is 6.16 Å². The molecule has 0 heterocycles. The highest BCUT2D eigenvalue weighted by Crippen LogP contribution is 2.39. The lowest BCUT2D eigenvalue weighted by atomic mass is 9.89. The molecule has 0 saturated carbocycles. The van der Waals surface area contributed by atoms with Gasteiger partial charge in [0, 0.05) is 0 Å². The molecule has 0 aliphatic heterocycles. The van der Waals surface area contributed by atoms with Crippen molar-refractivity contribution in [3.63, 3.8) is 0 Å². The number of rotatable bonds is 2. The van der Waals surface area contributed by atoms with Gasteiger partial charge in [-0.3, -0.25) is 0 Å². The summed E-state index contributed by atoms with van der Waals surface area (Å²) in [5.41, 5.74) is 3.97. The van der Waals surface area contributed by atoms with Gasteiger partial charge in [0.15, 0.2) is 0 Å². The zero-order valence-electron chi connectivity index (χ0n) is 13.7. The van der Waals surface area contributed by atoms with Crippen LogP contribution in [0.3, 0.4) is 0 Å². The van der Waals surface area contributed by atoms with Gasteiger partial charge in [0.05, 0.1) is 0 Å². The standard InChI is InChI=1S/C23H17P.BrH/c24-14-15-3-1-6-19(13-15)20-11-9-18-8-7-16-4-2-5-17-10-12-21(20)23(18)22(16)17;/h1-13H,14,24H2;1H. The third kappa shape index (κ3) is 2.54. The monoisotopic (exact) mass is 404 g/mol. The summed E-state index contributed by atoms with van der Waals surface area (Å²) < 4.78 is 0. The summed E-state index contributed by atoms with van der Waals surface area (Å²) in [5.74, 6) is 0. The first-order chi connectivity index (χ1) is 11.8. The van der Waals surface area contributed by atoms with E-state index < -0.39 is 0 Å². The van der Waals surface area contributed by atoms with E-state index in [1.54, 1.807) is 0 Å². The van der Waals surface area contributed by atoms with Gasteiger partial charge in [-0.1, -0.05) is 78.9 Å². The predicted molar refractivity (Wildman–Crippen MR) is 119 cm³/mol. The molecule has 0 radical (unpaired) electrons. The molecule has 25 heavy (non-hydrogen) atoms. The molecule has 0 spiro atoms. The summed E-state index contributed by atoms with van der Waals surface area (Å²) in [5, 5.41) is 8.08. The molecule has 0 amide bonds. The lowest BCUT2D eigenvalue weighted by Crippen LogP contribution is -1.88.